The fraction of sp³-hybridized carbons (Fsp3) is 0.294. The minimum Gasteiger partial charge on any atom is -0.378 e. The third-order valence-electron chi connectivity index (χ3n) is 3.40. The van der Waals surface area contributed by atoms with E-state index in [-0.39, 0.29) is 6.04 Å². The summed E-state index contributed by atoms with van der Waals surface area (Å²) in [5, 5.41) is 3.59. The standard InChI is InChI=1S/C17H20BrN/c1-11-5-7-13(3)15(9-11)14(4)19-17-10-12(2)6-8-16(17)18/h5-10,14,19H,1-4H3. The van der Waals surface area contributed by atoms with Gasteiger partial charge in [0.2, 0.25) is 0 Å². The first kappa shape index (κ1) is 14.1. The number of anilines is 1. The van der Waals surface area contributed by atoms with Gasteiger partial charge in [0.15, 0.2) is 0 Å². The first-order valence-corrected chi connectivity index (χ1v) is 7.36. The molecule has 0 aliphatic rings. The van der Waals surface area contributed by atoms with E-state index in [1.807, 2.05) is 0 Å². The number of hydrogen-bond donors (Lipinski definition) is 1. The summed E-state index contributed by atoms with van der Waals surface area (Å²) in [5.41, 5.74) is 6.40. The molecule has 1 atom stereocenters. The molecule has 1 nitrogen and oxygen atoms in total. The van der Waals surface area contributed by atoms with Crippen molar-refractivity contribution in [3.8, 4) is 0 Å². The van der Waals surface area contributed by atoms with Gasteiger partial charge < -0.3 is 5.32 Å². The van der Waals surface area contributed by atoms with Crippen LogP contribution in [0.1, 0.15) is 35.2 Å². The van der Waals surface area contributed by atoms with E-state index in [1.165, 1.54) is 22.3 Å². The van der Waals surface area contributed by atoms with E-state index in [2.05, 4.69) is 85.3 Å². The van der Waals surface area contributed by atoms with Crippen molar-refractivity contribution >= 4 is 21.6 Å². The Hall–Kier alpha value is -1.28. The van der Waals surface area contributed by atoms with E-state index in [4.69, 9.17) is 0 Å². The maximum Gasteiger partial charge on any atom is 0.0491 e. The number of nitrogens with one attached hydrogen (secondary N) is 1. The first-order valence-electron chi connectivity index (χ1n) is 6.57. The minimum atomic E-state index is 0.290. The summed E-state index contributed by atoms with van der Waals surface area (Å²) in [6.45, 7) is 8.62. The van der Waals surface area contributed by atoms with E-state index < -0.39 is 0 Å². The second-order valence-electron chi connectivity index (χ2n) is 5.21. The maximum absolute atomic E-state index is 3.60. The Bertz CT molecular complexity index is 590. The van der Waals surface area contributed by atoms with Gasteiger partial charge in [-0.1, -0.05) is 29.8 Å². The van der Waals surface area contributed by atoms with Gasteiger partial charge in [0.25, 0.3) is 0 Å². The maximum atomic E-state index is 3.60. The van der Waals surface area contributed by atoms with Crippen LogP contribution >= 0.6 is 15.9 Å². The van der Waals surface area contributed by atoms with Gasteiger partial charge in [-0.15, -0.1) is 0 Å². The van der Waals surface area contributed by atoms with Gasteiger partial charge in [0.05, 0.1) is 0 Å². The third kappa shape index (κ3) is 3.38. The zero-order valence-electron chi connectivity index (χ0n) is 11.9. The van der Waals surface area contributed by atoms with E-state index in [0.717, 1.165) is 10.2 Å². The lowest BCUT2D eigenvalue weighted by Crippen LogP contribution is -2.09. The van der Waals surface area contributed by atoms with E-state index in [1.54, 1.807) is 0 Å². The normalized spacial score (nSPS) is 12.3. The van der Waals surface area contributed by atoms with Crippen molar-refractivity contribution in [1.82, 2.24) is 0 Å². The second-order valence-corrected chi connectivity index (χ2v) is 6.06. The van der Waals surface area contributed by atoms with Crippen molar-refractivity contribution in [2.75, 3.05) is 5.32 Å². The number of benzene rings is 2. The average Bonchev–Trinajstić information content (AvgIpc) is 2.36. The van der Waals surface area contributed by atoms with Crippen LogP contribution in [0.2, 0.25) is 0 Å². The van der Waals surface area contributed by atoms with E-state index in [0.29, 0.717) is 0 Å². The molecule has 0 fully saturated rings. The van der Waals surface area contributed by atoms with Crippen LogP contribution in [0.3, 0.4) is 0 Å². The molecule has 0 aliphatic heterocycles. The summed E-state index contributed by atoms with van der Waals surface area (Å²) in [6, 6.07) is 13.3. The molecule has 0 aromatic heterocycles. The van der Waals surface area contributed by atoms with Crippen molar-refractivity contribution in [3.63, 3.8) is 0 Å². The monoisotopic (exact) mass is 317 g/mol. The van der Waals surface area contributed by atoms with E-state index in [9.17, 15) is 0 Å². The van der Waals surface area contributed by atoms with Gasteiger partial charge in [-0.3, -0.25) is 0 Å². The largest absolute Gasteiger partial charge is 0.378 e. The Balaban J connectivity index is 2.27. The molecule has 0 amide bonds. The summed E-state index contributed by atoms with van der Waals surface area (Å²) in [5.74, 6) is 0. The summed E-state index contributed by atoms with van der Waals surface area (Å²) < 4.78 is 1.11. The van der Waals surface area contributed by atoms with Crippen LogP contribution in [0, 0.1) is 20.8 Å². The lowest BCUT2D eigenvalue weighted by molar-refractivity contribution is 0.870. The topological polar surface area (TPSA) is 12.0 Å². The number of aryl methyl sites for hydroxylation is 3. The molecule has 2 heteroatoms. The van der Waals surface area contributed by atoms with Gasteiger partial charge >= 0.3 is 0 Å². The molecule has 0 aliphatic carbocycles. The first-order chi connectivity index (χ1) is 8.97. The Labute approximate surface area is 124 Å². The van der Waals surface area contributed by atoms with Crippen LogP contribution in [0.25, 0.3) is 0 Å². The molecule has 0 spiro atoms. The fourth-order valence-corrected chi connectivity index (χ4v) is 2.65. The summed E-state index contributed by atoms with van der Waals surface area (Å²) >= 11 is 3.60. The average molecular weight is 318 g/mol. The van der Waals surface area contributed by atoms with Crippen molar-refractivity contribution in [2.45, 2.75) is 33.7 Å². The molecule has 2 aromatic carbocycles. The Morgan fingerprint density at radius 3 is 2.32 bits per heavy atom. The highest BCUT2D eigenvalue weighted by atomic mass is 79.9. The highest BCUT2D eigenvalue weighted by molar-refractivity contribution is 9.10. The van der Waals surface area contributed by atoms with Crippen LogP contribution in [-0.2, 0) is 0 Å². The zero-order valence-corrected chi connectivity index (χ0v) is 13.5. The smallest absolute Gasteiger partial charge is 0.0491 e. The van der Waals surface area contributed by atoms with Gasteiger partial charge in [-0.2, -0.15) is 0 Å². The molecule has 1 unspecified atom stereocenters. The molecule has 100 valence electrons. The highest BCUT2D eigenvalue weighted by Gasteiger charge is 2.10. The van der Waals surface area contributed by atoms with Crippen molar-refractivity contribution < 1.29 is 0 Å². The fourth-order valence-electron chi connectivity index (χ4n) is 2.29. The molecular weight excluding hydrogens is 298 g/mol. The molecule has 0 saturated carbocycles. The lowest BCUT2D eigenvalue weighted by atomic mass is 10.00. The molecular formula is C17H20BrN. The van der Waals surface area contributed by atoms with Crippen LogP contribution in [0.5, 0.6) is 0 Å². The third-order valence-corrected chi connectivity index (χ3v) is 4.09. The van der Waals surface area contributed by atoms with Gasteiger partial charge in [-0.05, 0) is 72.4 Å². The minimum absolute atomic E-state index is 0.290. The van der Waals surface area contributed by atoms with Gasteiger partial charge in [0.1, 0.15) is 0 Å². The molecule has 2 aromatic rings. The molecule has 2 rings (SSSR count). The van der Waals surface area contributed by atoms with Crippen molar-refractivity contribution in [2.24, 2.45) is 0 Å². The Kier molecular flexibility index (Phi) is 4.31. The number of rotatable bonds is 3. The van der Waals surface area contributed by atoms with Crippen LogP contribution in [0.4, 0.5) is 5.69 Å². The molecule has 19 heavy (non-hydrogen) atoms. The molecule has 0 saturated heterocycles. The van der Waals surface area contributed by atoms with E-state index >= 15 is 0 Å². The predicted molar refractivity (Wildman–Crippen MR) is 86.8 cm³/mol. The summed E-state index contributed by atoms with van der Waals surface area (Å²) in [7, 11) is 0. The van der Waals surface area contributed by atoms with Gasteiger partial charge in [0, 0.05) is 16.2 Å². The highest BCUT2D eigenvalue weighted by Crippen LogP contribution is 2.29. The molecule has 0 heterocycles. The van der Waals surface area contributed by atoms with Crippen LogP contribution in [0.15, 0.2) is 40.9 Å². The SMILES string of the molecule is Cc1ccc(Br)c(NC(C)c2cc(C)ccc2C)c1. The molecule has 1 N–H and O–H groups in total. The quantitative estimate of drug-likeness (QED) is 0.782. The zero-order chi connectivity index (χ0) is 14.0. The van der Waals surface area contributed by atoms with Crippen LogP contribution in [-0.4, -0.2) is 0 Å². The number of hydrogen-bond acceptors (Lipinski definition) is 1. The number of halogens is 1. The summed E-state index contributed by atoms with van der Waals surface area (Å²) in [6.07, 6.45) is 0. The second kappa shape index (κ2) is 5.79. The molecule has 0 bridgehead atoms. The van der Waals surface area contributed by atoms with Crippen LogP contribution < -0.4 is 5.32 Å². The molecule has 0 radical (unpaired) electrons. The predicted octanol–water partition coefficient (Wildman–Crippen LogP) is 5.55. The van der Waals surface area contributed by atoms with Crippen molar-refractivity contribution in [1.29, 1.82) is 0 Å². The van der Waals surface area contributed by atoms with Crippen molar-refractivity contribution in [3.05, 3.63) is 63.1 Å². The Morgan fingerprint density at radius 1 is 0.947 bits per heavy atom. The summed E-state index contributed by atoms with van der Waals surface area (Å²) in [4.78, 5) is 0. The Morgan fingerprint density at radius 2 is 1.58 bits per heavy atom. The van der Waals surface area contributed by atoms with Gasteiger partial charge in [-0.25, -0.2) is 0 Å². The lowest BCUT2D eigenvalue weighted by Gasteiger charge is -2.19.